The summed E-state index contributed by atoms with van der Waals surface area (Å²) in [5, 5.41) is 9.97. The van der Waals surface area contributed by atoms with Crippen molar-refractivity contribution in [2.75, 3.05) is 12.5 Å². The molecule has 126 valence electrons. The zero-order valence-corrected chi connectivity index (χ0v) is 14.3. The number of rotatable bonds is 9. The number of carboxylic acid groups (broad SMARTS) is 1. The van der Waals surface area contributed by atoms with Crippen molar-refractivity contribution < 1.29 is 19.4 Å². The summed E-state index contributed by atoms with van der Waals surface area (Å²) in [4.78, 5) is 27.5. The second-order valence-electron chi connectivity index (χ2n) is 4.57. The van der Waals surface area contributed by atoms with Crippen LogP contribution in [0.25, 0.3) is 0 Å². The lowest BCUT2D eigenvalue weighted by Gasteiger charge is -2.09. The van der Waals surface area contributed by atoms with E-state index in [4.69, 9.17) is 15.6 Å². The van der Waals surface area contributed by atoms with E-state index < -0.39 is 5.97 Å². The van der Waals surface area contributed by atoms with Gasteiger partial charge < -0.3 is 9.84 Å². The molecule has 1 aromatic carbocycles. The molecule has 0 fully saturated rings. The van der Waals surface area contributed by atoms with Crippen LogP contribution in [-0.4, -0.2) is 34.3 Å². The number of hydrogen-bond acceptors (Lipinski definition) is 7. The largest absolute Gasteiger partial charge is 0.478 e. The Morgan fingerprint density at radius 2 is 2.08 bits per heavy atom. The van der Waals surface area contributed by atoms with E-state index in [1.165, 1.54) is 39.8 Å². The molecule has 8 heteroatoms. The predicted molar refractivity (Wildman–Crippen MR) is 94.6 cm³/mol. The molecule has 1 aromatic heterocycles. The Morgan fingerprint density at radius 3 is 2.75 bits per heavy atom. The highest BCUT2D eigenvalue weighted by Crippen LogP contribution is 2.30. The van der Waals surface area contributed by atoms with Crippen molar-refractivity contribution in [3.63, 3.8) is 0 Å². The van der Waals surface area contributed by atoms with Gasteiger partial charge in [0, 0.05) is 23.9 Å². The number of ether oxygens (including phenoxy) is 1. The predicted octanol–water partition coefficient (Wildman–Crippen LogP) is 3.09. The third-order valence-electron chi connectivity index (χ3n) is 2.97. The Morgan fingerprint density at radius 1 is 1.25 bits per heavy atom. The third-order valence-corrected chi connectivity index (χ3v) is 5.23. The van der Waals surface area contributed by atoms with E-state index >= 15 is 0 Å². The first-order valence-corrected chi connectivity index (χ1v) is 9.37. The number of aromatic nitrogens is 1. The van der Waals surface area contributed by atoms with E-state index in [1.807, 2.05) is 18.2 Å². The number of carbonyl (C=O) groups excluding carboxylic acids is 1. The maximum absolute atomic E-state index is 12.2. The van der Waals surface area contributed by atoms with Gasteiger partial charge in [-0.15, -0.1) is 0 Å². The van der Waals surface area contributed by atoms with Gasteiger partial charge in [-0.1, -0.05) is 22.9 Å². The summed E-state index contributed by atoms with van der Waals surface area (Å²) in [6, 6.07) is 9.93. The summed E-state index contributed by atoms with van der Waals surface area (Å²) < 4.78 is 5.10. The highest BCUT2D eigenvalue weighted by atomic mass is 33.1. The van der Waals surface area contributed by atoms with E-state index in [1.54, 1.807) is 6.20 Å². The number of nitrogens with zero attached hydrogens (tertiary/aromatic N) is 1. The molecule has 0 radical (unpaired) electrons. The van der Waals surface area contributed by atoms with Gasteiger partial charge in [0.25, 0.3) is 0 Å². The number of aromatic carboxylic acids is 1. The Hall–Kier alpha value is -2.03. The lowest BCUT2D eigenvalue weighted by Crippen LogP contribution is -2.12. The standard InChI is InChI=1S/C16H16N2O4S2/c17-10-22-14-9-11(4-5-12(14)16(20)21)13(19)6-8-23-24-15-3-1-2-7-18-15/h1-5,7,9H,6,8,10,17H2,(H,20,21). The lowest BCUT2D eigenvalue weighted by molar-refractivity contribution is 0.0691. The minimum absolute atomic E-state index is 0.0166. The van der Waals surface area contributed by atoms with Crippen molar-refractivity contribution in [3.8, 4) is 5.75 Å². The van der Waals surface area contributed by atoms with Gasteiger partial charge in [-0.25, -0.2) is 9.78 Å². The molecule has 6 nitrogen and oxygen atoms in total. The van der Waals surface area contributed by atoms with Crippen LogP contribution < -0.4 is 10.5 Å². The van der Waals surface area contributed by atoms with Crippen molar-refractivity contribution >= 4 is 33.3 Å². The topological polar surface area (TPSA) is 103 Å². The van der Waals surface area contributed by atoms with E-state index in [0.29, 0.717) is 17.7 Å². The molecular formula is C16H16N2O4S2. The molecule has 0 aliphatic carbocycles. The number of pyridine rings is 1. The van der Waals surface area contributed by atoms with Crippen molar-refractivity contribution in [2.45, 2.75) is 11.4 Å². The average molecular weight is 364 g/mol. The molecule has 1 heterocycles. The molecule has 3 N–H and O–H groups in total. The fourth-order valence-electron chi connectivity index (χ4n) is 1.86. The minimum Gasteiger partial charge on any atom is -0.478 e. The molecular weight excluding hydrogens is 348 g/mol. The molecule has 0 unspecified atom stereocenters. The van der Waals surface area contributed by atoms with Crippen LogP contribution in [0.3, 0.4) is 0 Å². The van der Waals surface area contributed by atoms with Gasteiger partial charge in [-0.2, -0.15) is 0 Å². The summed E-state index contributed by atoms with van der Waals surface area (Å²) in [6.07, 6.45) is 2.05. The normalized spacial score (nSPS) is 10.4. The van der Waals surface area contributed by atoms with Gasteiger partial charge in [0.2, 0.25) is 0 Å². The van der Waals surface area contributed by atoms with Gasteiger partial charge in [0.05, 0.1) is 0 Å². The summed E-state index contributed by atoms with van der Waals surface area (Å²) in [5.41, 5.74) is 5.69. The number of carbonyl (C=O) groups is 2. The zero-order chi connectivity index (χ0) is 17.4. The Bertz CT molecular complexity index is 710. The Kier molecular flexibility index (Phi) is 7.10. The smallest absolute Gasteiger partial charge is 0.339 e. The summed E-state index contributed by atoms with van der Waals surface area (Å²) in [5.74, 6) is -0.484. The highest BCUT2D eigenvalue weighted by molar-refractivity contribution is 8.76. The number of nitrogens with two attached hydrogens (primary N) is 1. The van der Waals surface area contributed by atoms with Crippen molar-refractivity contribution in [2.24, 2.45) is 5.73 Å². The molecule has 0 aliphatic rings. The molecule has 0 aliphatic heterocycles. The van der Waals surface area contributed by atoms with Gasteiger partial charge in [-0.3, -0.25) is 10.5 Å². The van der Waals surface area contributed by atoms with Crippen LogP contribution in [0, 0.1) is 0 Å². The molecule has 24 heavy (non-hydrogen) atoms. The second kappa shape index (κ2) is 9.31. The van der Waals surface area contributed by atoms with Crippen LogP contribution in [0.15, 0.2) is 47.6 Å². The van der Waals surface area contributed by atoms with Crippen LogP contribution in [-0.2, 0) is 0 Å². The van der Waals surface area contributed by atoms with Gasteiger partial charge in [-0.05, 0) is 35.1 Å². The maximum atomic E-state index is 12.2. The van der Waals surface area contributed by atoms with E-state index in [2.05, 4.69) is 4.98 Å². The van der Waals surface area contributed by atoms with Crippen LogP contribution in [0.2, 0.25) is 0 Å². The van der Waals surface area contributed by atoms with Crippen LogP contribution in [0.4, 0.5) is 0 Å². The molecule has 0 atom stereocenters. The van der Waals surface area contributed by atoms with Crippen LogP contribution in [0.5, 0.6) is 5.75 Å². The second-order valence-corrected chi connectivity index (χ2v) is 7.01. The Labute approximate surface area is 147 Å². The molecule has 0 saturated carbocycles. The first-order valence-electron chi connectivity index (χ1n) is 7.05. The van der Waals surface area contributed by atoms with Crippen LogP contribution in [0.1, 0.15) is 27.1 Å². The monoisotopic (exact) mass is 364 g/mol. The first-order chi connectivity index (χ1) is 11.6. The van der Waals surface area contributed by atoms with Crippen molar-refractivity contribution in [3.05, 3.63) is 53.7 Å². The number of carboxylic acids is 1. The molecule has 0 saturated heterocycles. The Balaban J connectivity index is 1.92. The summed E-state index contributed by atoms with van der Waals surface area (Å²) >= 11 is 0. The fourth-order valence-corrected chi connectivity index (χ4v) is 3.73. The number of hydrogen-bond donors (Lipinski definition) is 2. The summed E-state index contributed by atoms with van der Waals surface area (Å²) in [7, 11) is 3.05. The SMILES string of the molecule is NCOc1cc(C(=O)CCSSc2ccccn2)ccc1C(=O)O. The van der Waals surface area contributed by atoms with E-state index in [-0.39, 0.29) is 23.8 Å². The number of benzene rings is 1. The summed E-state index contributed by atoms with van der Waals surface area (Å²) in [6.45, 7) is -0.158. The highest BCUT2D eigenvalue weighted by Gasteiger charge is 2.15. The molecule has 2 rings (SSSR count). The molecule has 2 aromatic rings. The average Bonchev–Trinajstić information content (AvgIpc) is 2.59. The van der Waals surface area contributed by atoms with Gasteiger partial charge >= 0.3 is 5.97 Å². The molecule has 0 spiro atoms. The minimum atomic E-state index is -1.13. The quantitative estimate of drug-likeness (QED) is 0.303. The number of ketones is 1. The first kappa shape index (κ1) is 18.3. The maximum Gasteiger partial charge on any atom is 0.339 e. The molecule has 0 amide bonds. The van der Waals surface area contributed by atoms with Crippen LogP contribution >= 0.6 is 21.6 Å². The fraction of sp³-hybridized carbons (Fsp3) is 0.188. The third kappa shape index (κ3) is 5.26. The number of Topliss-reactive ketones (excluding diaryl/α,β-unsaturated/α-hetero) is 1. The zero-order valence-electron chi connectivity index (χ0n) is 12.7. The van der Waals surface area contributed by atoms with Crippen molar-refractivity contribution in [1.29, 1.82) is 0 Å². The van der Waals surface area contributed by atoms with E-state index in [0.717, 1.165) is 5.03 Å². The molecule has 0 bridgehead atoms. The van der Waals surface area contributed by atoms with Gasteiger partial charge in [0.15, 0.2) is 5.78 Å². The lowest BCUT2D eigenvalue weighted by atomic mass is 10.1. The van der Waals surface area contributed by atoms with E-state index in [9.17, 15) is 9.59 Å². The van der Waals surface area contributed by atoms with Gasteiger partial charge in [0.1, 0.15) is 23.1 Å². The van der Waals surface area contributed by atoms with Crippen molar-refractivity contribution in [1.82, 2.24) is 4.98 Å².